The molecule has 0 aromatic carbocycles. The maximum Gasteiger partial charge on any atom is 0.338 e. The van der Waals surface area contributed by atoms with Gasteiger partial charge in [-0.15, -0.1) is 11.6 Å². The number of rotatable bonds is 5. The zero-order valence-corrected chi connectivity index (χ0v) is 8.58. The molecule has 0 atom stereocenters. The van der Waals surface area contributed by atoms with Crippen LogP contribution in [0.15, 0.2) is 36.1 Å². The number of nitrogens with two attached hydrogens (primary N) is 1. The third-order valence-electron chi connectivity index (χ3n) is 1.40. The van der Waals surface area contributed by atoms with Crippen molar-refractivity contribution < 1.29 is 15.0 Å². The number of ether oxygens (including phenoxy) is 1. The van der Waals surface area contributed by atoms with E-state index in [9.17, 15) is 10.0 Å². The predicted molar refractivity (Wildman–Crippen MR) is 54.4 cm³/mol. The van der Waals surface area contributed by atoms with Crippen molar-refractivity contribution in [1.29, 1.82) is 0 Å². The van der Waals surface area contributed by atoms with Crippen LogP contribution in [0.1, 0.15) is 0 Å². The van der Waals surface area contributed by atoms with Crippen molar-refractivity contribution in [3.63, 3.8) is 0 Å². The second kappa shape index (κ2) is 7.32. The Balaban J connectivity index is 4.71. The number of carbonyl (C=O) groups excluding carboxylic acids is 1. The van der Waals surface area contributed by atoms with Crippen LogP contribution in [0.3, 0.4) is 0 Å². The molecule has 0 heterocycles. The highest BCUT2D eigenvalue weighted by Crippen LogP contribution is 2.11. The Morgan fingerprint density at radius 1 is 1.71 bits per heavy atom. The van der Waals surface area contributed by atoms with Crippen LogP contribution in [0.5, 0.6) is 0 Å². The molecule has 0 amide bonds. The Bertz CT molecular complexity index is 253. The molecule has 0 aliphatic heterocycles. The first-order chi connectivity index (χ1) is 6.67. The number of quaternary nitrogens is 1. The molecule has 0 spiro atoms. The van der Waals surface area contributed by atoms with E-state index in [0.717, 1.165) is 0 Å². The Labute approximate surface area is 87.5 Å². The number of halogens is 1. The minimum Gasteiger partial charge on any atom is -0.631 e. The number of alkyl halides is 1. The summed E-state index contributed by atoms with van der Waals surface area (Å²) in [6.45, 7) is 3.60. The van der Waals surface area contributed by atoms with Gasteiger partial charge in [0, 0.05) is 5.88 Å². The fourth-order valence-corrected chi connectivity index (χ4v) is 0.853. The van der Waals surface area contributed by atoms with Crippen LogP contribution >= 0.6 is 11.6 Å². The maximum absolute atomic E-state index is 11.2. The molecule has 4 nitrogen and oxygen atoms in total. The second-order valence-electron chi connectivity index (χ2n) is 2.33. The first kappa shape index (κ1) is 12.9. The molecule has 78 valence electrons. The molecule has 2 N–H and O–H groups in total. The SMILES string of the molecule is C=C(CCl)/C(=C\C=C/[NH2+][O-])C(=O)OC. The molecule has 0 saturated heterocycles. The highest BCUT2D eigenvalue weighted by atomic mass is 35.5. The van der Waals surface area contributed by atoms with Gasteiger partial charge in [0.2, 0.25) is 0 Å². The molecule has 0 aromatic rings. The van der Waals surface area contributed by atoms with Gasteiger partial charge < -0.3 is 15.4 Å². The smallest absolute Gasteiger partial charge is 0.338 e. The lowest BCUT2D eigenvalue weighted by Gasteiger charge is -2.04. The number of hydrogen-bond donors (Lipinski definition) is 1. The first-order valence-corrected chi connectivity index (χ1v) is 4.35. The summed E-state index contributed by atoms with van der Waals surface area (Å²) in [4.78, 5) is 11.2. The molecule has 0 fully saturated rings. The van der Waals surface area contributed by atoms with E-state index in [1.165, 1.54) is 25.5 Å². The van der Waals surface area contributed by atoms with Crippen molar-refractivity contribution in [3.05, 3.63) is 41.3 Å². The van der Waals surface area contributed by atoms with Crippen molar-refractivity contribution in [2.45, 2.75) is 0 Å². The highest BCUT2D eigenvalue weighted by Gasteiger charge is 2.11. The van der Waals surface area contributed by atoms with Gasteiger partial charge in [-0.3, -0.25) is 0 Å². The maximum atomic E-state index is 11.2. The van der Waals surface area contributed by atoms with Gasteiger partial charge in [-0.2, -0.15) is 0 Å². The predicted octanol–water partition coefficient (Wildman–Crippen LogP) is 0.456. The van der Waals surface area contributed by atoms with Gasteiger partial charge in [0.1, 0.15) is 0 Å². The molecular weight excluding hydrogens is 206 g/mol. The molecule has 0 radical (unpaired) electrons. The summed E-state index contributed by atoms with van der Waals surface area (Å²) in [7, 11) is 1.27. The van der Waals surface area contributed by atoms with Crippen molar-refractivity contribution in [3.8, 4) is 0 Å². The Morgan fingerprint density at radius 2 is 2.36 bits per heavy atom. The zero-order valence-electron chi connectivity index (χ0n) is 7.83. The Morgan fingerprint density at radius 3 is 2.79 bits per heavy atom. The van der Waals surface area contributed by atoms with E-state index >= 15 is 0 Å². The largest absolute Gasteiger partial charge is 0.631 e. The average molecular weight is 218 g/mol. The lowest BCUT2D eigenvalue weighted by atomic mass is 10.1. The summed E-state index contributed by atoms with van der Waals surface area (Å²) < 4.78 is 4.52. The minimum absolute atomic E-state index is 0.135. The van der Waals surface area contributed by atoms with E-state index in [0.29, 0.717) is 11.1 Å². The van der Waals surface area contributed by atoms with Crippen LogP contribution in [-0.4, -0.2) is 19.0 Å². The first-order valence-electron chi connectivity index (χ1n) is 3.82. The normalized spacial score (nSPS) is 11.8. The summed E-state index contributed by atoms with van der Waals surface area (Å²) in [5.74, 6) is -0.387. The molecule has 0 bridgehead atoms. The van der Waals surface area contributed by atoms with Gasteiger partial charge in [-0.05, 0) is 17.7 Å². The third-order valence-corrected chi connectivity index (χ3v) is 1.72. The van der Waals surface area contributed by atoms with Crippen molar-refractivity contribution >= 4 is 17.6 Å². The fourth-order valence-electron chi connectivity index (χ4n) is 0.709. The zero-order chi connectivity index (χ0) is 11.0. The number of hydroxylamine groups is 1. The molecule has 0 rings (SSSR count). The van der Waals surface area contributed by atoms with Crippen molar-refractivity contribution in [2.24, 2.45) is 0 Å². The minimum atomic E-state index is -0.522. The summed E-state index contributed by atoms with van der Waals surface area (Å²) in [6, 6.07) is 0. The number of allylic oxidation sites excluding steroid dienone is 2. The topological polar surface area (TPSA) is 66.0 Å². The van der Waals surface area contributed by atoms with Crippen molar-refractivity contribution in [2.75, 3.05) is 13.0 Å². The molecule has 0 saturated carbocycles. The average Bonchev–Trinajstić information content (AvgIpc) is 2.22. The second-order valence-corrected chi connectivity index (χ2v) is 2.60. The van der Waals surface area contributed by atoms with Gasteiger partial charge in [0.25, 0.3) is 0 Å². The molecule has 0 unspecified atom stereocenters. The van der Waals surface area contributed by atoms with Gasteiger partial charge in [0.05, 0.1) is 18.9 Å². The van der Waals surface area contributed by atoms with E-state index in [2.05, 4.69) is 11.3 Å². The van der Waals surface area contributed by atoms with E-state index in [4.69, 9.17) is 11.6 Å². The van der Waals surface area contributed by atoms with Crippen molar-refractivity contribution in [1.82, 2.24) is 0 Å². The summed E-state index contributed by atoms with van der Waals surface area (Å²) in [6.07, 6.45) is 4.12. The van der Waals surface area contributed by atoms with E-state index in [1.807, 2.05) is 0 Å². The van der Waals surface area contributed by atoms with E-state index < -0.39 is 5.97 Å². The quantitative estimate of drug-likeness (QED) is 0.239. The lowest BCUT2D eigenvalue weighted by molar-refractivity contribution is -0.514. The van der Waals surface area contributed by atoms with Crippen LogP contribution in [0.4, 0.5) is 0 Å². The number of esters is 1. The molecule has 0 aliphatic carbocycles. The fraction of sp³-hybridized carbons (Fsp3) is 0.222. The number of carbonyl (C=O) groups is 1. The molecule has 5 heteroatoms. The number of hydrogen-bond acceptors (Lipinski definition) is 3. The molecular formula is C9H12ClNO3. The summed E-state index contributed by atoms with van der Waals surface area (Å²) in [5, 5.41) is 9.98. The molecule has 0 aromatic heterocycles. The molecule has 14 heavy (non-hydrogen) atoms. The number of methoxy groups -OCH3 is 1. The monoisotopic (exact) mass is 217 g/mol. The van der Waals surface area contributed by atoms with Gasteiger partial charge in [-0.1, -0.05) is 6.58 Å². The van der Waals surface area contributed by atoms with Gasteiger partial charge >= 0.3 is 5.97 Å². The molecule has 0 aliphatic rings. The highest BCUT2D eigenvalue weighted by molar-refractivity contribution is 6.20. The lowest BCUT2D eigenvalue weighted by Crippen LogP contribution is -2.69. The summed E-state index contributed by atoms with van der Waals surface area (Å²) in [5.41, 5.74) is 1.32. The van der Waals surface area contributed by atoms with Crippen LogP contribution in [0.2, 0.25) is 0 Å². The Hall–Kier alpha value is -1.10. The van der Waals surface area contributed by atoms with Gasteiger partial charge in [-0.25, -0.2) is 4.79 Å². The van der Waals surface area contributed by atoms with Crippen LogP contribution in [0.25, 0.3) is 0 Å². The van der Waals surface area contributed by atoms with E-state index in [-0.39, 0.29) is 11.5 Å². The standard InChI is InChI=1S/C9H12ClNO3/c1-7(6-10)8(9(12)14-2)4-3-5-11-13/h3-5H,1,6,11H2,2H3/b5-3-,8-4+. The third kappa shape index (κ3) is 4.23. The van der Waals surface area contributed by atoms with Gasteiger partial charge in [0.15, 0.2) is 0 Å². The Kier molecular flexibility index (Phi) is 6.74. The van der Waals surface area contributed by atoms with E-state index in [1.54, 1.807) is 0 Å². The summed E-state index contributed by atoms with van der Waals surface area (Å²) >= 11 is 5.52. The van der Waals surface area contributed by atoms with Crippen LogP contribution in [0, 0.1) is 5.21 Å². The van der Waals surface area contributed by atoms with Crippen LogP contribution in [-0.2, 0) is 9.53 Å². The van der Waals surface area contributed by atoms with Crippen LogP contribution < -0.4 is 5.48 Å².